The van der Waals surface area contributed by atoms with E-state index in [1.54, 1.807) is 0 Å². The molecule has 0 radical (unpaired) electrons. The lowest BCUT2D eigenvalue weighted by Crippen LogP contribution is -2.26. The lowest BCUT2D eigenvalue weighted by atomic mass is 9.69. The van der Waals surface area contributed by atoms with E-state index in [1.807, 2.05) is 24.3 Å². The van der Waals surface area contributed by atoms with Crippen LogP contribution in [0.5, 0.6) is 11.5 Å². The van der Waals surface area contributed by atoms with Crippen LogP contribution in [0.2, 0.25) is 0 Å². The van der Waals surface area contributed by atoms with Gasteiger partial charge in [-0.1, -0.05) is 48.0 Å². The van der Waals surface area contributed by atoms with Gasteiger partial charge in [0.2, 0.25) is 0 Å². The number of aliphatic hydroxyl groups is 2. The van der Waals surface area contributed by atoms with Gasteiger partial charge in [0.25, 0.3) is 0 Å². The number of benzene rings is 3. The molecule has 0 aromatic heterocycles. The lowest BCUT2D eigenvalue weighted by Gasteiger charge is -2.33. The van der Waals surface area contributed by atoms with Gasteiger partial charge in [0.15, 0.2) is 0 Å². The average Bonchev–Trinajstić information content (AvgIpc) is 2.76. The summed E-state index contributed by atoms with van der Waals surface area (Å²) in [4.78, 5) is 0. The van der Waals surface area contributed by atoms with E-state index in [-0.39, 0.29) is 31.8 Å². The largest absolute Gasteiger partial charge is 0.491 e. The van der Waals surface area contributed by atoms with Crippen molar-refractivity contribution in [1.29, 1.82) is 0 Å². The van der Waals surface area contributed by atoms with Crippen LogP contribution in [0.1, 0.15) is 34.7 Å². The van der Waals surface area contributed by atoms with Crippen LogP contribution in [0, 0.1) is 13.8 Å². The molecule has 0 amide bonds. The van der Waals surface area contributed by atoms with Crippen molar-refractivity contribution >= 4 is 0 Å². The zero-order chi connectivity index (χ0) is 21.6. The predicted octanol–water partition coefficient (Wildman–Crippen LogP) is 4.40. The van der Waals surface area contributed by atoms with Crippen LogP contribution in [0.3, 0.4) is 0 Å². The number of hydrogen-bond acceptors (Lipinski definition) is 4. The Kier molecular flexibility index (Phi) is 7.14. The Morgan fingerprint density at radius 1 is 0.700 bits per heavy atom. The molecule has 0 bridgehead atoms. The summed E-state index contributed by atoms with van der Waals surface area (Å²) in [5.74, 6) is 1.48. The Balaban J connectivity index is 2.07. The van der Waals surface area contributed by atoms with Crippen molar-refractivity contribution in [3.63, 3.8) is 0 Å². The van der Waals surface area contributed by atoms with E-state index < -0.39 is 0 Å². The van der Waals surface area contributed by atoms with E-state index in [0.717, 1.165) is 22.6 Å². The topological polar surface area (TPSA) is 58.9 Å². The van der Waals surface area contributed by atoms with Gasteiger partial charge in [-0.3, -0.25) is 0 Å². The van der Waals surface area contributed by atoms with Crippen molar-refractivity contribution in [2.24, 2.45) is 0 Å². The molecule has 30 heavy (non-hydrogen) atoms. The third kappa shape index (κ3) is 4.66. The highest BCUT2D eigenvalue weighted by molar-refractivity contribution is 5.54. The zero-order valence-corrected chi connectivity index (χ0v) is 17.9. The number of aliphatic hydroxyl groups excluding tert-OH is 2. The van der Waals surface area contributed by atoms with E-state index in [0.29, 0.717) is 0 Å². The van der Waals surface area contributed by atoms with Gasteiger partial charge in [-0.15, -0.1) is 0 Å². The fourth-order valence-electron chi connectivity index (χ4n) is 3.95. The third-order valence-corrected chi connectivity index (χ3v) is 5.50. The molecule has 0 aliphatic carbocycles. The zero-order valence-electron chi connectivity index (χ0n) is 17.9. The van der Waals surface area contributed by atoms with Crippen LogP contribution in [0.4, 0.5) is 0 Å². The first-order valence-corrected chi connectivity index (χ1v) is 10.2. The van der Waals surface area contributed by atoms with Crippen LogP contribution in [-0.4, -0.2) is 36.6 Å². The summed E-state index contributed by atoms with van der Waals surface area (Å²) in [6.07, 6.45) is 0. The highest BCUT2D eigenvalue weighted by atomic mass is 16.5. The predicted molar refractivity (Wildman–Crippen MR) is 120 cm³/mol. The second-order valence-electron chi connectivity index (χ2n) is 7.64. The average molecular weight is 407 g/mol. The second kappa shape index (κ2) is 9.79. The highest BCUT2D eigenvalue weighted by Gasteiger charge is 2.32. The molecule has 158 valence electrons. The van der Waals surface area contributed by atoms with Crippen molar-refractivity contribution < 1.29 is 19.7 Å². The third-order valence-electron chi connectivity index (χ3n) is 5.50. The smallest absolute Gasteiger partial charge is 0.119 e. The summed E-state index contributed by atoms with van der Waals surface area (Å²) in [5, 5.41) is 18.0. The van der Waals surface area contributed by atoms with E-state index in [2.05, 4.69) is 63.2 Å². The van der Waals surface area contributed by atoms with Crippen molar-refractivity contribution in [3.8, 4) is 11.5 Å². The lowest BCUT2D eigenvalue weighted by molar-refractivity contribution is 0.201. The number of ether oxygens (including phenoxy) is 2. The molecular formula is C26H30O4. The molecule has 2 N–H and O–H groups in total. The molecule has 4 nitrogen and oxygen atoms in total. The molecule has 0 spiro atoms. The van der Waals surface area contributed by atoms with Crippen molar-refractivity contribution in [1.82, 2.24) is 0 Å². The highest BCUT2D eigenvalue weighted by Crippen LogP contribution is 2.41. The summed E-state index contributed by atoms with van der Waals surface area (Å²) >= 11 is 0. The molecule has 3 aromatic rings. The molecule has 0 aliphatic heterocycles. The molecule has 0 unspecified atom stereocenters. The second-order valence-corrected chi connectivity index (χ2v) is 7.64. The van der Waals surface area contributed by atoms with E-state index in [1.165, 1.54) is 16.7 Å². The molecular weight excluding hydrogens is 376 g/mol. The Morgan fingerprint density at radius 3 is 1.57 bits per heavy atom. The Hall–Kier alpha value is -2.82. The van der Waals surface area contributed by atoms with Gasteiger partial charge in [0.1, 0.15) is 24.7 Å². The minimum atomic E-state index is -0.372. The van der Waals surface area contributed by atoms with Crippen LogP contribution in [0.15, 0.2) is 66.7 Å². The van der Waals surface area contributed by atoms with Gasteiger partial charge in [0, 0.05) is 5.41 Å². The quantitative estimate of drug-likeness (QED) is 0.517. The van der Waals surface area contributed by atoms with E-state index in [4.69, 9.17) is 19.7 Å². The Bertz CT molecular complexity index is 894. The first kappa shape index (κ1) is 21.9. The first-order chi connectivity index (χ1) is 14.5. The van der Waals surface area contributed by atoms with Gasteiger partial charge >= 0.3 is 0 Å². The molecule has 0 aliphatic rings. The molecule has 0 saturated carbocycles. The Morgan fingerprint density at radius 2 is 1.17 bits per heavy atom. The van der Waals surface area contributed by atoms with E-state index >= 15 is 0 Å². The maximum atomic E-state index is 8.99. The van der Waals surface area contributed by atoms with Crippen molar-refractivity contribution in [2.45, 2.75) is 26.2 Å². The van der Waals surface area contributed by atoms with Crippen molar-refractivity contribution in [2.75, 3.05) is 26.4 Å². The summed E-state index contributed by atoms with van der Waals surface area (Å²) in [6, 6.07) is 22.7. The number of aryl methyl sites for hydroxylation is 2. The van der Waals surface area contributed by atoms with Gasteiger partial charge in [-0.25, -0.2) is 0 Å². The van der Waals surface area contributed by atoms with Gasteiger partial charge < -0.3 is 19.7 Å². The fourth-order valence-corrected chi connectivity index (χ4v) is 3.95. The SMILES string of the molecule is Cc1ccc(C(C)(c2ccc(OCCO)cc2)c2ccc(OCCO)cc2)c(C)c1. The van der Waals surface area contributed by atoms with Crippen LogP contribution in [0.25, 0.3) is 0 Å². The standard InChI is InChI=1S/C26H30O4/c1-19-4-13-25(20(2)18-19)26(3,21-5-9-23(10-6-21)29-16-14-27)22-7-11-24(12-8-22)30-17-15-28/h4-13,18,27-28H,14-17H2,1-3H3. The number of rotatable bonds is 9. The summed E-state index contributed by atoms with van der Waals surface area (Å²) < 4.78 is 11.1. The molecule has 0 atom stereocenters. The summed E-state index contributed by atoms with van der Waals surface area (Å²) in [7, 11) is 0. The summed E-state index contributed by atoms with van der Waals surface area (Å²) in [6.45, 7) is 7.04. The van der Waals surface area contributed by atoms with Crippen LogP contribution >= 0.6 is 0 Å². The Labute approximate surface area is 178 Å². The minimum absolute atomic E-state index is 0.00721. The molecule has 3 aromatic carbocycles. The molecule has 3 rings (SSSR count). The number of hydrogen-bond donors (Lipinski definition) is 2. The van der Waals surface area contributed by atoms with Gasteiger partial charge in [-0.05, 0) is 67.3 Å². The maximum Gasteiger partial charge on any atom is 0.119 e. The molecule has 0 heterocycles. The maximum absolute atomic E-state index is 8.99. The molecule has 0 saturated heterocycles. The monoisotopic (exact) mass is 406 g/mol. The fraction of sp³-hybridized carbons (Fsp3) is 0.308. The van der Waals surface area contributed by atoms with Gasteiger partial charge in [-0.2, -0.15) is 0 Å². The first-order valence-electron chi connectivity index (χ1n) is 10.2. The van der Waals surface area contributed by atoms with Crippen molar-refractivity contribution in [3.05, 3.63) is 94.5 Å². The summed E-state index contributed by atoms with van der Waals surface area (Å²) in [5.41, 5.74) is 5.63. The van der Waals surface area contributed by atoms with Crippen LogP contribution < -0.4 is 9.47 Å². The minimum Gasteiger partial charge on any atom is -0.491 e. The molecule has 4 heteroatoms. The van der Waals surface area contributed by atoms with Crippen LogP contribution in [-0.2, 0) is 5.41 Å². The van der Waals surface area contributed by atoms with Gasteiger partial charge in [0.05, 0.1) is 13.2 Å². The molecule has 0 fully saturated rings. The van der Waals surface area contributed by atoms with E-state index in [9.17, 15) is 0 Å². The normalized spacial score (nSPS) is 11.4.